The number of carbonyl (C=O) groups excluding carboxylic acids is 1. The van der Waals surface area contributed by atoms with Gasteiger partial charge in [0.15, 0.2) is 0 Å². The summed E-state index contributed by atoms with van der Waals surface area (Å²) in [6, 6.07) is 9.41. The van der Waals surface area contributed by atoms with E-state index < -0.39 is 0 Å². The fraction of sp³-hybridized carbons (Fsp3) is 0.588. The molecule has 5 heteroatoms. The summed E-state index contributed by atoms with van der Waals surface area (Å²) in [6.45, 7) is 1.86. The number of hydrogen-bond acceptors (Lipinski definition) is 4. The number of nitrogens with zero attached hydrogens (tertiary/aromatic N) is 1. The van der Waals surface area contributed by atoms with E-state index in [1.165, 1.54) is 0 Å². The molecule has 1 aromatic rings. The van der Waals surface area contributed by atoms with Crippen molar-refractivity contribution in [1.82, 2.24) is 10.2 Å². The zero-order chi connectivity index (χ0) is 16.0. The predicted octanol–water partition coefficient (Wildman–Crippen LogP) is 1.19. The maximum atomic E-state index is 12.6. The summed E-state index contributed by atoms with van der Waals surface area (Å²) in [5.41, 5.74) is 0.719. The summed E-state index contributed by atoms with van der Waals surface area (Å²) < 4.78 is 5.36. The second-order valence-corrected chi connectivity index (χ2v) is 6.27. The minimum Gasteiger partial charge on any atom is -0.396 e. The first-order chi connectivity index (χ1) is 10.6. The number of ether oxygens (including phenoxy) is 1. The van der Waals surface area contributed by atoms with Crippen LogP contribution in [0.3, 0.4) is 0 Å². The summed E-state index contributed by atoms with van der Waals surface area (Å²) in [7, 11) is 3.79. The molecule has 2 N–H and O–H groups in total. The number of aliphatic hydroxyl groups is 1. The lowest BCUT2D eigenvalue weighted by atomic mass is 9.81. The number of carbonyl (C=O) groups is 1. The first kappa shape index (κ1) is 16.9. The lowest BCUT2D eigenvalue weighted by Gasteiger charge is -2.36. The highest BCUT2D eigenvalue weighted by atomic mass is 16.5. The molecule has 0 saturated carbocycles. The molecule has 5 nitrogen and oxygen atoms in total. The van der Waals surface area contributed by atoms with E-state index in [1.54, 1.807) is 0 Å². The van der Waals surface area contributed by atoms with Crippen LogP contribution >= 0.6 is 0 Å². The van der Waals surface area contributed by atoms with Crippen molar-refractivity contribution in [3.8, 4) is 0 Å². The SMILES string of the molecule is CN(C)C(C(=O)NCC1(CO)CCOCC1)c1ccccc1. The van der Waals surface area contributed by atoms with Crippen LogP contribution in [-0.4, -0.2) is 56.4 Å². The van der Waals surface area contributed by atoms with E-state index in [2.05, 4.69) is 5.32 Å². The van der Waals surface area contributed by atoms with Crippen molar-refractivity contribution in [1.29, 1.82) is 0 Å². The number of amides is 1. The number of nitrogens with one attached hydrogen (secondary N) is 1. The topological polar surface area (TPSA) is 61.8 Å². The van der Waals surface area contributed by atoms with Crippen LogP contribution in [0.4, 0.5) is 0 Å². The van der Waals surface area contributed by atoms with Crippen LogP contribution in [0.25, 0.3) is 0 Å². The highest BCUT2D eigenvalue weighted by molar-refractivity contribution is 5.83. The molecule has 1 fully saturated rings. The second-order valence-electron chi connectivity index (χ2n) is 6.27. The summed E-state index contributed by atoms with van der Waals surface area (Å²) in [5.74, 6) is -0.0319. The third-order valence-corrected chi connectivity index (χ3v) is 4.41. The van der Waals surface area contributed by atoms with Gasteiger partial charge in [-0.3, -0.25) is 9.69 Å². The van der Waals surface area contributed by atoms with Gasteiger partial charge in [-0.15, -0.1) is 0 Å². The summed E-state index contributed by atoms with van der Waals surface area (Å²) >= 11 is 0. The van der Waals surface area contributed by atoms with E-state index >= 15 is 0 Å². The van der Waals surface area contributed by atoms with Gasteiger partial charge in [0.25, 0.3) is 0 Å². The zero-order valence-corrected chi connectivity index (χ0v) is 13.4. The van der Waals surface area contributed by atoms with Crippen molar-refractivity contribution in [2.75, 3.05) is 40.5 Å². The Morgan fingerprint density at radius 2 is 1.95 bits per heavy atom. The lowest BCUT2D eigenvalue weighted by molar-refractivity contribution is -0.127. The molecule has 122 valence electrons. The van der Waals surface area contributed by atoms with Gasteiger partial charge in [0.1, 0.15) is 6.04 Å². The van der Waals surface area contributed by atoms with E-state index in [1.807, 2.05) is 49.3 Å². The van der Waals surface area contributed by atoms with Crippen LogP contribution < -0.4 is 5.32 Å². The summed E-state index contributed by atoms with van der Waals surface area (Å²) in [5, 5.41) is 12.7. The van der Waals surface area contributed by atoms with E-state index in [4.69, 9.17) is 4.74 Å². The highest BCUT2D eigenvalue weighted by Gasteiger charge is 2.33. The van der Waals surface area contributed by atoms with Crippen LogP contribution in [0.15, 0.2) is 30.3 Å². The molecule has 2 rings (SSSR count). The molecule has 1 aliphatic rings. The van der Waals surface area contributed by atoms with Gasteiger partial charge in [-0.05, 0) is 32.5 Å². The Kier molecular flexibility index (Phi) is 5.94. The second kappa shape index (κ2) is 7.72. The van der Waals surface area contributed by atoms with Crippen LogP contribution in [0.5, 0.6) is 0 Å². The quantitative estimate of drug-likeness (QED) is 0.829. The predicted molar refractivity (Wildman–Crippen MR) is 85.5 cm³/mol. The van der Waals surface area contributed by atoms with Gasteiger partial charge in [0.2, 0.25) is 5.91 Å². The van der Waals surface area contributed by atoms with E-state index in [0.29, 0.717) is 19.8 Å². The van der Waals surface area contributed by atoms with Crippen molar-refractivity contribution in [2.45, 2.75) is 18.9 Å². The molecule has 0 radical (unpaired) electrons. The van der Waals surface area contributed by atoms with Crippen LogP contribution in [0, 0.1) is 5.41 Å². The first-order valence-electron chi connectivity index (χ1n) is 7.76. The minimum atomic E-state index is -0.322. The highest BCUT2D eigenvalue weighted by Crippen LogP contribution is 2.29. The monoisotopic (exact) mass is 306 g/mol. The molecule has 1 heterocycles. The number of hydrogen-bond donors (Lipinski definition) is 2. The number of aliphatic hydroxyl groups excluding tert-OH is 1. The van der Waals surface area contributed by atoms with Crippen molar-refractivity contribution in [2.24, 2.45) is 5.41 Å². The Hall–Kier alpha value is -1.43. The van der Waals surface area contributed by atoms with Gasteiger partial charge in [0, 0.05) is 25.2 Å². The summed E-state index contributed by atoms with van der Waals surface area (Å²) in [4.78, 5) is 14.5. The van der Waals surface area contributed by atoms with Crippen molar-refractivity contribution in [3.05, 3.63) is 35.9 Å². The van der Waals surface area contributed by atoms with E-state index in [0.717, 1.165) is 18.4 Å². The van der Waals surface area contributed by atoms with Crippen molar-refractivity contribution in [3.63, 3.8) is 0 Å². The van der Waals surface area contributed by atoms with Crippen LogP contribution in [0.2, 0.25) is 0 Å². The molecule has 1 saturated heterocycles. The Balaban J connectivity index is 2.02. The lowest BCUT2D eigenvalue weighted by Crippen LogP contribution is -2.46. The van der Waals surface area contributed by atoms with Crippen LogP contribution in [0.1, 0.15) is 24.4 Å². The van der Waals surface area contributed by atoms with E-state index in [-0.39, 0.29) is 24.0 Å². The molecule has 0 aliphatic carbocycles. The van der Waals surface area contributed by atoms with Gasteiger partial charge in [-0.2, -0.15) is 0 Å². The smallest absolute Gasteiger partial charge is 0.241 e. The maximum Gasteiger partial charge on any atom is 0.241 e. The molecule has 0 aromatic heterocycles. The fourth-order valence-corrected chi connectivity index (χ4v) is 2.89. The van der Waals surface area contributed by atoms with Gasteiger partial charge in [-0.1, -0.05) is 30.3 Å². The number of rotatable bonds is 6. The maximum absolute atomic E-state index is 12.6. The molecule has 1 atom stereocenters. The van der Waals surface area contributed by atoms with Crippen LogP contribution in [-0.2, 0) is 9.53 Å². The Morgan fingerprint density at radius 3 is 2.50 bits per heavy atom. The van der Waals surface area contributed by atoms with Gasteiger partial charge >= 0.3 is 0 Å². The Labute approximate surface area is 132 Å². The van der Waals surface area contributed by atoms with E-state index in [9.17, 15) is 9.90 Å². The number of likely N-dealkylation sites (N-methyl/N-ethyl adjacent to an activating group) is 1. The molecule has 1 amide bonds. The molecular formula is C17H26N2O3. The normalized spacial score (nSPS) is 18.9. The molecule has 1 unspecified atom stereocenters. The van der Waals surface area contributed by atoms with Gasteiger partial charge < -0.3 is 15.2 Å². The average Bonchev–Trinajstić information content (AvgIpc) is 2.55. The average molecular weight is 306 g/mol. The van der Waals surface area contributed by atoms with Crippen molar-refractivity contribution >= 4 is 5.91 Å². The largest absolute Gasteiger partial charge is 0.396 e. The fourth-order valence-electron chi connectivity index (χ4n) is 2.89. The molecule has 1 aliphatic heterocycles. The molecular weight excluding hydrogens is 280 g/mol. The molecule has 0 spiro atoms. The zero-order valence-electron chi connectivity index (χ0n) is 13.4. The molecule has 1 aromatic carbocycles. The standard InChI is InChI=1S/C17H26N2O3/c1-19(2)15(14-6-4-3-5-7-14)16(21)18-12-17(13-20)8-10-22-11-9-17/h3-7,15,20H,8-13H2,1-2H3,(H,18,21). The third kappa shape index (κ3) is 4.06. The minimum absolute atomic E-state index is 0.0319. The summed E-state index contributed by atoms with van der Waals surface area (Å²) in [6.07, 6.45) is 1.56. The Morgan fingerprint density at radius 1 is 1.32 bits per heavy atom. The molecule has 22 heavy (non-hydrogen) atoms. The van der Waals surface area contributed by atoms with Crippen molar-refractivity contribution < 1.29 is 14.6 Å². The molecule has 0 bridgehead atoms. The third-order valence-electron chi connectivity index (χ3n) is 4.41. The number of benzene rings is 1. The first-order valence-corrected chi connectivity index (χ1v) is 7.76. The Bertz CT molecular complexity index is 470. The van der Waals surface area contributed by atoms with Gasteiger partial charge in [0.05, 0.1) is 6.61 Å². The van der Waals surface area contributed by atoms with Gasteiger partial charge in [-0.25, -0.2) is 0 Å².